The summed E-state index contributed by atoms with van der Waals surface area (Å²) < 4.78 is 39.1. The number of fused-ring (bicyclic) bond motifs is 1. The Bertz CT molecular complexity index is 1100. The molecule has 1 atom stereocenters. The third-order valence-corrected chi connectivity index (χ3v) is 8.69. The predicted octanol–water partition coefficient (Wildman–Crippen LogP) is 2.88. The highest BCUT2D eigenvalue weighted by Gasteiger charge is 2.31. The van der Waals surface area contributed by atoms with Crippen molar-refractivity contribution in [2.45, 2.75) is 43.1 Å². The smallest absolute Gasteiger partial charge is 0.253 e. The Labute approximate surface area is 195 Å². The highest BCUT2D eigenvalue weighted by atomic mass is 32.2. The highest BCUT2D eigenvalue weighted by Crippen LogP contribution is 2.27. The summed E-state index contributed by atoms with van der Waals surface area (Å²) >= 11 is 0. The zero-order valence-electron chi connectivity index (χ0n) is 18.7. The van der Waals surface area contributed by atoms with Gasteiger partial charge in [0.15, 0.2) is 0 Å². The van der Waals surface area contributed by atoms with E-state index in [2.05, 4.69) is 0 Å². The molecule has 1 aliphatic carbocycles. The van der Waals surface area contributed by atoms with Gasteiger partial charge in [-0.25, -0.2) is 8.42 Å². The normalized spacial score (nSPS) is 21.2. The Morgan fingerprint density at radius 3 is 2.45 bits per heavy atom. The topological polar surface area (TPSA) is 76.2 Å². The lowest BCUT2D eigenvalue weighted by atomic mass is 10.1. The van der Waals surface area contributed by atoms with Gasteiger partial charge < -0.3 is 14.4 Å². The highest BCUT2D eigenvalue weighted by molar-refractivity contribution is 7.89. The van der Waals surface area contributed by atoms with E-state index in [9.17, 15) is 13.2 Å². The SMILES string of the molecule is O=C(c1ccc(OCC2CCCO2)cc1)N1CCN(S(=O)(=O)c2ccc3c(c2)CCC3)CC1. The van der Waals surface area contributed by atoms with Gasteiger partial charge in [0.25, 0.3) is 5.91 Å². The molecule has 7 nitrogen and oxygen atoms in total. The van der Waals surface area contributed by atoms with Crippen molar-refractivity contribution in [2.24, 2.45) is 0 Å². The van der Waals surface area contributed by atoms with Crippen LogP contribution in [0.3, 0.4) is 0 Å². The number of amides is 1. The molecule has 2 heterocycles. The molecule has 2 saturated heterocycles. The van der Waals surface area contributed by atoms with Crippen LogP contribution in [0.5, 0.6) is 5.75 Å². The summed E-state index contributed by atoms with van der Waals surface area (Å²) in [6, 6.07) is 12.6. The number of rotatable bonds is 6. The number of benzene rings is 2. The molecule has 0 saturated carbocycles. The number of ether oxygens (including phenoxy) is 2. The van der Waals surface area contributed by atoms with Gasteiger partial charge in [0.05, 0.1) is 11.0 Å². The van der Waals surface area contributed by atoms with E-state index in [-0.39, 0.29) is 12.0 Å². The average molecular weight is 471 g/mol. The summed E-state index contributed by atoms with van der Waals surface area (Å²) in [5, 5.41) is 0. The van der Waals surface area contributed by atoms with Crippen LogP contribution in [-0.4, -0.2) is 69.0 Å². The van der Waals surface area contributed by atoms with E-state index >= 15 is 0 Å². The van der Waals surface area contributed by atoms with Gasteiger partial charge in [-0.05, 0) is 79.6 Å². The molecule has 3 aliphatic rings. The molecule has 0 N–H and O–H groups in total. The van der Waals surface area contributed by atoms with Crippen LogP contribution in [0.25, 0.3) is 0 Å². The van der Waals surface area contributed by atoms with Crippen molar-refractivity contribution in [3.05, 3.63) is 59.2 Å². The van der Waals surface area contributed by atoms with Crippen LogP contribution in [0, 0.1) is 0 Å². The number of hydrogen-bond acceptors (Lipinski definition) is 5. The Balaban J connectivity index is 1.17. The van der Waals surface area contributed by atoms with Crippen molar-refractivity contribution in [2.75, 3.05) is 39.4 Å². The molecule has 0 aromatic heterocycles. The Morgan fingerprint density at radius 1 is 0.970 bits per heavy atom. The average Bonchev–Trinajstić information content (AvgIpc) is 3.54. The minimum absolute atomic E-state index is 0.0877. The molecule has 2 fully saturated rings. The largest absolute Gasteiger partial charge is 0.491 e. The number of piperazine rings is 1. The lowest BCUT2D eigenvalue weighted by Gasteiger charge is -2.34. The molecule has 0 radical (unpaired) electrons. The fraction of sp³-hybridized carbons (Fsp3) is 0.480. The van der Waals surface area contributed by atoms with Crippen LogP contribution in [0.2, 0.25) is 0 Å². The van der Waals surface area contributed by atoms with Crippen LogP contribution >= 0.6 is 0 Å². The van der Waals surface area contributed by atoms with E-state index < -0.39 is 10.0 Å². The summed E-state index contributed by atoms with van der Waals surface area (Å²) in [6.07, 6.45) is 5.30. The lowest BCUT2D eigenvalue weighted by Crippen LogP contribution is -2.50. The molecular formula is C25H30N2O5S. The fourth-order valence-electron chi connectivity index (χ4n) is 4.83. The summed E-state index contributed by atoms with van der Waals surface area (Å²) in [5.74, 6) is 0.627. The molecule has 33 heavy (non-hydrogen) atoms. The first kappa shape index (κ1) is 22.4. The second kappa shape index (κ2) is 9.44. The van der Waals surface area contributed by atoms with Crippen molar-refractivity contribution in [3.63, 3.8) is 0 Å². The number of sulfonamides is 1. The molecule has 8 heteroatoms. The van der Waals surface area contributed by atoms with E-state index in [0.29, 0.717) is 49.0 Å². The molecule has 0 spiro atoms. The van der Waals surface area contributed by atoms with E-state index in [0.717, 1.165) is 44.3 Å². The number of carbonyl (C=O) groups is 1. The fourth-order valence-corrected chi connectivity index (χ4v) is 6.30. The van der Waals surface area contributed by atoms with E-state index in [1.165, 1.54) is 9.87 Å². The standard InChI is InChI=1S/C25H30N2O5S/c28-25(20-6-9-22(10-7-20)32-18-23-5-2-16-31-23)26-12-14-27(15-13-26)33(29,30)24-11-8-19-3-1-4-21(19)17-24/h6-11,17,23H,1-5,12-16,18H2. The van der Waals surface area contributed by atoms with Gasteiger partial charge in [0, 0.05) is 38.3 Å². The first-order valence-electron chi connectivity index (χ1n) is 11.8. The van der Waals surface area contributed by atoms with Gasteiger partial charge in [-0.2, -0.15) is 4.31 Å². The molecule has 2 aromatic carbocycles. The maximum absolute atomic E-state index is 13.1. The molecule has 2 aliphatic heterocycles. The summed E-state index contributed by atoms with van der Waals surface area (Å²) in [5.41, 5.74) is 2.98. The number of nitrogens with zero attached hydrogens (tertiary/aromatic N) is 2. The summed E-state index contributed by atoms with van der Waals surface area (Å²) in [7, 11) is -3.55. The van der Waals surface area contributed by atoms with Gasteiger partial charge >= 0.3 is 0 Å². The lowest BCUT2D eigenvalue weighted by molar-refractivity contribution is 0.0676. The first-order chi connectivity index (χ1) is 16.0. The Morgan fingerprint density at radius 2 is 1.73 bits per heavy atom. The van der Waals surface area contributed by atoms with Gasteiger partial charge in [0.2, 0.25) is 10.0 Å². The van der Waals surface area contributed by atoms with Crippen LogP contribution in [0.1, 0.15) is 40.7 Å². The van der Waals surface area contributed by atoms with Crippen LogP contribution < -0.4 is 4.74 Å². The maximum atomic E-state index is 13.1. The number of carbonyl (C=O) groups excluding carboxylic acids is 1. The molecular weight excluding hydrogens is 440 g/mol. The first-order valence-corrected chi connectivity index (χ1v) is 13.2. The van der Waals surface area contributed by atoms with Crippen molar-refractivity contribution < 1.29 is 22.7 Å². The summed E-state index contributed by atoms with van der Waals surface area (Å²) in [6.45, 7) is 2.67. The number of hydrogen-bond donors (Lipinski definition) is 0. The maximum Gasteiger partial charge on any atom is 0.253 e. The zero-order chi connectivity index (χ0) is 22.8. The van der Waals surface area contributed by atoms with Gasteiger partial charge in [-0.1, -0.05) is 6.07 Å². The van der Waals surface area contributed by atoms with Gasteiger partial charge in [-0.3, -0.25) is 4.79 Å². The van der Waals surface area contributed by atoms with Crippen molar-refractivity contribution in [1.82, 2.24) is 9.21 Å². The van der Waals surface area contributed by atoms with Crippen molar-refractivity contribution in [3.8, 4) is 5.75 Å². The molecule has 1 amide bonds. The number of aryl methyl sites for hydroxylation is 2. The molecule has 1 unspecified atom stereocenters. The van der Waals surface area contributed by atoms with Crippen LogP contribution in [0.15, 0.2) is 47.4 Å². The molecule has 176 valence electrons. The molecule has 0 bridgehead atoms. The van der Waals surface area contributed by atoms with Crippen molar-refractivity contribution >= 4 is 15.9 Å². The molecule has 5 rings (SSSR count). The third-order valence-electron chi connectivity index (χ3n) is 6.79. The van der Waals surface area contributed by atoms with Gasteiger partial charge in [-0.15, -0.1) is 0 Å². The third kappa shape index (κ3) is 4.78. The zero-order valence-corrected chi connectivity index (χ0v) is 19.6. The quantitative estimate of drug-likeness (QED) is 0.649. The predicted molar refractivity (Wildman–Crippen MR) is 124 cm³/mol. The van der Waals surface area contributed by atoms with Crippen LogP contribution in [0.4, 0.5) is 0 Å². The van der Waals surface area contributed by atoms with E-state index in [1.807, 2.05) is 12.1 Å². The van der Waals surface area contributed by atoms with E-state index in [4.69, 9.17) is 9.47 Å². The van der Waals surface area contributed by atoms with E-state index in [1.54, 1.807) is 35.2 Å². The second-order valence-corrected chi connectivity index (χ2v) is 10.9. The Hall–Kier alpha value is -2.42. The van der Waals surface area contributed by atoms with Crippen molar-refractivity contribution in [1.29, 1.82) is 0 Å². The molecule has 2 aromatic rings. The second-order valence-electron chi connectivity index (χ2n) is 8.95. The Kier molecular flexibility index (Phi) is 6.40. The minimum atomic E-state index is -3.55. The minimum Gasteiger partial charge on any atom is -0.491 e. The monoisotopic (exact) mass is 470 g/mol. The van der Waals surface area contributed by atoms with Crippen LogP contribution in [-0.2, 0) is 27.6 Å². The van der Waals surface area contributed by atoms with Gasteiger partial charge in [0.1, 0.15) is 12.4 Å². The summed E-state index contributed by atoms with van der Waals surface area (Å²) in [4.78, 5) is 15.0.